The number of hydrogen-bond acceptors (Lipinski definition) is 4. The molecule has 0 radical (unpaired) electrons. The van der Waals surface area contributed by atoms with Crippen LogP contribution in [0.5, 0.6) is 0 Å². The maximum Gasteiger partial charge on any atom is 0.153 e. The van der Waals surface area contributed by atoms with E-state index in [1.54, 1.807) is 0 Å². The molecule has 2 aliphatic heterocycles. The summed E-state index contributed by atoms with van der Waals surface area (Å²) in [5.41, 5.74) is 5.41. The van der Waals surface area contributed by atoms with E-state index in [9.17, 15) is 0 Å². The van der Waals surface area contributed by atoms with Crippen LogP contribution in [-0.2, 0) is 0 Å². The molecule has 0 aromatic carbocycles. The van der Waals surface area contributed by atoms with Crippen LogP contribution in [0.15, 0.2) is 5.16 Å². The molecule has 0 aliphatic carbocycles. The number of nitrogens with two attached hydrogens (primary N) is 1. The predicted molar refractivity (Wildman–Crippen MR) is 54.4 cm³/mol. The van der Waals surface area contributed by atoms with E-state index in [2.05, 4.69) is 15.4 Å². The molecule has 2 fully saturated rings. The Morgan fingerprint density at radius 1 is 1.50 bits per heavy atom. The van der Waals surface area contributed by atoms with Crippen LogP contribution >= 0.6 is 0 Å². The molecule has 80 valence electrons. The number of rotatable bonds is 3. The van der Waals surface area contributed by atoms with Gasteiger partial charge in [-0.05, 0) is 25.8 Å². The summed E-state index contributed by atoms with van der Waals surface area (Å²) in [7, 11) is 0. The van der Waals surface area contributed by atoms with Crippen LogP contribution in [0.25, 0.3) is 0 Å². The quantitative estimate of drug-likeness (QED) is 0.249. The third-order valence-electron chi connectivity index (χ3n) is 3.28. The van der Waals surface area contributed by atoms with Gasteiger partial charge < -0.3 is 16.3 Å². The monoisotopic (exact) mass is 198 g/mol. The molecule has 2 unspecified atom stereocenters. The Morgan fingerprint density at radius 3 is 3.14 bits per heavy atom. The Balaban J connectivity index is 1.81. The topological polar surface area (TPSA) is 73.9 Å². The lowest BCUT2D eigenvalue weighted by Gasteiger charge is -2.20. The van der Waals surface area contributed by atoms with E-state index in [0.29, 0.717) is 18.6 Å². The zero-order valence-electron chi connectivity index (χ0n) is 8.32. The van der Waals surface area contributed by atoms with Crippen molar-refractivity contribution in [2.45, 2.75) is 31.3 Å². The molecular formula is C9H18N4O. The molecule has 0 aromatic heterocycles. The van der Waals surface area contributed by atoms with Crippen molar-refractivity contribution in [1.29, 1.82) is 0 Å². The third-order valence-corrected chi connectivity index (χ3v) is 3.28. The van der Waals surface area contributed by atoms with E-state index in [0.717, 1.165) is 0 Å². The number of fused-ring (bicyclic) bond motifs is 1. The van der Waals surface area contributed by atoms with Crippen LogP contribution in [0.4, 0.5) is 0 Å². The van der Waals surface area contributed by atoms with Crippen LogP contribution < -0.4 is 11.1 Å². The first kappa shape index (κ1) is 9.73. The highest BCUT2D eigenvalue weighted by atomic mass is 16.4. The zero-order valence-corrected chi connectivity index (χ0v) is 8.32. The molecule has 2 aliphatic rings. The minimum Gasteiger partial charge on any atom is -0.409 e. The molecule has 0 saturated carbocycles. The van der Waals surface area contributed by atoms with Gasteiger partial charge in [-0.3, -0.25) is 4.90 Å². The first-order valence-corrected chi connectivity index (χ1v) is 5.25. The maximum absolute atomic E-state index is 8.41. The van der Waals surface area contributed by atoms with Gasteiger partial charge in [0.25, 0.3) is 0 Å². The third kappa shape index (κ3) is 1.83. The van der Waals surface area contributed by atoms with Gasteiger partial charge in [0.1, 0.15) is 0 Å². The van der Waals surface area contributed by atoms with Crippen molar-refractivity contribution in [3.63, 3.8) is 0 Å². The second-order valence-corrected chi connectivity index (χ2v) is 4.11. The van der Waals surface area contributed by atoms with Gasteiger partial charge >= 0.3 is 0 Å². The fraction of sp³-hybridized carbons (Fsp3) is 0.889. The standard InChI is InChI=1S/C9H18N4O/c10-9(12-14)6-11-7-3-5-13-4-1-2-8(7)13/h7-8,11,14H,1-6H2,(H2,10,12). The van der Waals surface area contributed by atoms with Gasteiger partial charge in [-0.1, -0.05) is 5.16 Å². The molecule has 2 heterocycles. The molecule has 0 spiro atoms. The normalized spacial score (nSPS) is 33.6. The lowest BCUT2D eigenvalue weighted by Crippen LogP contribution is -2.42. The average molecular weight is 198 g/mol. The highest BCUT2D eigenvalue weighted by Crippen LogP contribution is 2.27. The van der Waals surface area contributed by atoms with Gasteiger partial charge in [-0.2, -0.15) is 0 Å². The van der Waals surface area contributed by atoms with E-state index in [1.807, 2.05) is 0 Å². The Hall–Kier alpha value is -0.810. The van der Waals surface area contributed by atoms with Crippen molar-refractivity contribution < 1.29 is 5.21 Å². The largest absolute Gasteiger partial charge is 0.409 e. The minimum atomic E-state index is 0.265. The number of nitrogens with one attached hydrogen (secondary N) is 1. The van der Waals surface area contributed by atoms with Gasteiger partial charge in [-0.15, -0.1) is 0 Å². The second kappa shape index (κ2) is 4.14. The molecular weight excluding hydrogens is 180 g/mol. The van der Waals surface area contributed by atoms with E-state index in [4.69, 9.17) is 10.9 Å². The van der Waals surface area contributed by atoms with Gasteiger partial charge in [0.2, 0.25) is 0 Å². The summed E-state index contributed by atoms with van der Waals surface area (Å²) >= 11 is 0. The Labute approximate surface area is 83.9 Å². The molecule has 5 nitrogen and oxygen atoms in total. The summed E-state index contributed by atoms with van der Waals surface area (Å²) in [4.78, 5) is 2.53. The lowest BCUT2D eigenvalue weighted by molar-refractivity contribution is 0.300. The molecule has 4 N–H and O–H groups in total. The van der Waals surface area contributed by atoms with Gasteiger partial charge in [0.05, 0.1) is 6.54 Å². The maximum atomic E-state index is 8.41. The number of oxime groups is 1. The summed E-state index contributed by atoms with van der Waals surface area (Å²) in [6.07, 6.45) is 3.78. The molecule has 2 atom stereocenters. The van der Waals surface area contributed by atoms with Crippen LogP contribution in [0.3, 0.4) is 0 Å². The first-order valence-electron chi connectivity index (χ1n) is 5.25. The Bertz CT molecular complexity index is 231. The minimum absolute atomic E-state index is 0.265. The number of hydrogen-bond donors (Lipinski definition) is 3. The number of amidine groups is 1. The fourth-order valence-electron chi connectivity index (χ4n) is 2.59. The van der Waals surface area contributed by atoms with Gasteiger partial charge in [0, 0.05) is 18.6 Å². The predicted octanol–water partition coefficient (Wildman–Crippen LogP) is -0.441. The zero-order chi connectivity index (χ0) is 9.97. The van der Waals surface area contributed by atoms with Crippen molar-refractivity contribution in [3.05, 3.63) is 0 Å². The molecule has 0 amide bonds. The lowest BCUT2D eigenvalue weighted by atomic mass is 10.1. The Morgan fingerprint density at radius 2 is 2.36 bits per heavy atom. The molecule has 5 heteroatoms. The summed E-state index contributed by atoms with van der Waals surface area (Å²) in [6, 6.07) is 1.21. The van der Waals surface area contributed by atoms with E-state index < -0.39 is 0 Å². The van der Waals surface area contributed by atoms with Crippen molar-refractivity contribution in [2.75, 3.05) is 19.6 Å². The van der Waals surface area contributed by atoms with Crippen molar-refractivity contribution in [2.24, 2.45) is 10.9 Å². The van der Waals surface area contributed by atoms with Gasteiger partial charge in [0.15, 0.2) is 5.84 Å². The highest BCUT2D eigenvalue weighted by Gasteiger charge is 2.36. The Kier molecular flexibility index (Phi) is 2.88. The summed E-state index contributed by atoms with van der Waals surface area (Å²) < 4.78 is 0. The molecule has 2 saturated heterocycles. The molecule has 14 heavy (non-hydrogen) atoms. The smallest absolute Gasteiger partial charge is 0.153 e. The average Bonchev–Trinajstić information content (AvgIpc) is 2.76. The molecule has 2 rings (SSSR count). The van der Waals surface area contributed by atoms with Gasteiger partial charge in [-0.25, -0.2) is 0 Å². The van der Waals surface area contributed by atoms with Crippen molar-refractivity contribution >= 4 is 5.84 Å². The van der Waals surface area contributed by atoms with Crippen LogP contribution in [0, 0.1) is 0 Å². The van der Waals surface area contributed by atoms with Crippen molar-refractivity contribution in [3.8, 4) is 0 Å². The molecule has 0 aromatic rings. The summed E-state index contributed by atoms with van der Waals surface area (Å²) in [5, 5.41) is 14.7. The second-order valence-electron chi connectivity index (χ2n) is 4.11. The highest BCUT2D eigenvalue weighted by molar-refractivity contribution is 5.81. The van der Waals surface area contributed by atoms with Crippen LogP contribution in [0.2, 0.25) is 0 Å². The number of nitrogens with zero attached hydrogens (tertiary/aromatic N) is 2. The van der Waals surface area contributed by atoms with E-state index in [-0.39, 0.29) is 5.84 Å². The van der Waals surface area contributed by atoms with Crippen LogP contribution in [0.1, 0.15) is 19.3 Å². The first-order chi connectivity index (χ1) is 6.81. The SMILES string of the molecule is NC(CNC1CCN2CCCC12)=NO. The van der Waals surface area contributed by atoms with Crippen molar-refractivity contribution in [1.82, 2.24) is 10.2 Å². The van der Waals surface area contributed by atoms with E-state index >= 15 is 0 Å². The van der Waals surface area contributed by atoms with E-state index in [1.165, 1.54) is 32.4 Å². The van der Waals surface area contributed by atoms with Crippen LogP contribution in [-0.4, -0.2) is 47.7 Å². The fourth-order valence-corrected chi connectivity index (χ4v) is 2.59. The molecule has 0 bridgehead atoms. The summed E-state index contributed by atoms with van der Waals surface area (Å²) in [6.45, 7) is 2.93. The summed E-state index contributed by atoms with van der Waals surface area (Å²) in [5.74, 6) is 0.265.